The molecule has 0 saturated carbocycles. The summed E-state index contributed by atoms with van der Waals surface area (Å²) >= 11 is 0. The topological polar surface area (TPSA) is 79.2 Å². The summed E-state index contributed by atoms with van der Waals surface area (Å²) in [4.78, 5) is 0. The fraction of sp³-hybridized carbons (Fsp3) is 0.375. The largest absolute Gasteiger partial charge is 0.464 e. The van der Waals surface area contributed by atoms with E-state index in [0.29, 0.717) is 5.75 Å². The van der Waals surface area contributed by atoms with Crippen molar-refractivity contribution < 1.29 is 24.8 Å². The van der Waals surface area contributed by atoms with Crippen LogP contribution < -0.4 is 4.74 Å². The summed E-state index contributed by atoms with van der Waals surface area (Å²) in [5.41, 5.74) is 0. The Morgan fingerprint density at radius 1 is 1.10 bits per heavy atom. The minimum atomic E-state index is -1.10. The molecule has 1 heterocycles. The van der Waals surface area contributed by atoms with Gasteiger partial charge in [0.1, 0.15) is 18.0 Å². The van der Waals surface area contributed by atoms with Gasteiger partial charge in [-0.05, 0) is 11.5 Å². The van der Waals surface area contributed by atoms with Gasteiger partial charge in [-0.1, -0.05) is 36.4 Å². The molecule has 2 aromatic rings. The van der Waals surface area contributed by atoms with E-state index < -0.39 is 24.6 Å². The normalized spacial score (nSPS) is 29.5. The van der Waals surface area contributed by atoms with Crippen LogP contribution >= 0.6 is 0 Å². The number of hydrogen-bond acceptors (Lipinski definition) is 5. The molecule has 0 aromatic heterocycles. The van der Waals surface area contributed by atoms with E-state index in [9.17, 15) is 15.3 Å². The van der Waals surface area contributed by atoms with Crippen LogP contribution in [0.1, 0.15) is 6.42 Å². The molecule has 1 fully saturated rings. The van der Waals surface area contributed by atoms with Crippen LogP contribution in [0.25, 0.3) is 10.8 Å². The molecule has 0 unspecified atom stereocenters. The summed E-state index contributed by atoms with van der Waals surface area (Å²) < 4.78 is 11.3. The third-order valence-corrected chi connectivity index (χ3v) is 3.72. The predicted octanol–water partition coefficient (Wildman–Crippen LogP) is 1.05. The average Bonchev–Trinajstić information content (AvgIpc) is 2.51. The van der Waals surface area contributed by atoms with Crippen LogP contribution in [0.4, 0.5) is 0 Å². The standard InChI is InChI=1S/C16H18O5/c17-9-14-16(19)12(18)8-15(21-14)20-13-7-3-5-10-4-1-2-6-11(10)13/h1-7,12,14-19H,8-9H2/t12-,14-,15-,16+/m1/s1. The first-order chi connectivity index (χ1) is 10.2. The second kappa shape index (κ2) is 5.99. The first-order valence-corrected chi connectivity index (χ1v) is 6.96. The van der Waals surface area contributed by atoms with Gasteiger partial charge in [0.2, 0.25) is 6.29 Å². The quantitative estimate of drug-likeness (QED) is 0.787. The fourth-order valence-corrected chi connectivity index (χ4v) is 2.58. The summed E-state index contributed by atoms with van der Waals surface area (Å²) in [6.45, 7) is -0.367. The van der Waals surface area contributed by atoms with E-state index in [0.717, 1.165) is 10.8 Å². The Morgan fingerprint density at radius 2 is 1.86 bits per heavy atom. The Balaban J connectivity index is 1.82. The van der Waals surface area contributed by atoms with Crippen molar-refractivity contribution in [3.05, 3.63) is 42.5 Å². The number of ether oxygens (including phenoxy) is 2. The molecule has 5 nitrogen and oxygen atoms in total. The maximum atomic E-state index is 9.82. The molecule has 112 valence electrons. The first kappa shape index (κ1) is 14.3. The second-order valence-corrected chi connectivity index (χ2v) is 5.18. The lowest BCUT2D eigenvalue weighted by molar-refractivity contribution is -0.229. The Morgan fingerprint density at radius 3 is 2.67 bits per heavy atom. The van der Waals surface area contributed by atoms with Crippen molar-refractivity contribution >= 4 is 10.8 Å². The van der Waals surface area contributed by atoms with Gasteiger partial charge in [-0.15, -0.1) is 0 Å². The van der Waals surface area contributed by atoms with Gasteiger partial charge in [0.15, 0.2) is 0 Å². The van der Waals surface area contributed by atoms with Gasteiger partial charge < -0.3 is 24.8 Å². The van der Waals surface area contributed by atoms with Crippen molar-refractivity contribution in [2.75, 3.05) is 6.61 Å². The Labute approximate surface area is 122 Å². The molecule has 1 aliphatic rings. The smallest absolute Gasteiger partial charge is 0.202 e. The SMILES string of the molecule is OC[C@H]1O[C@@H](Oc2cccc3ccccc23)C[C@@H](O)[C@@H]1O. The highest BCUT2D eigenvalue weighted by Gasteiger charge is 2.37. The summed E-state index contributed by atoms with van der Waals surface area (Å²) in [5.74, 6) is 0.651. The van der Waals surface area contributed by atoms with Gasteiger partial charge in [-0.2, -0.15) is 0 Å². The summed E-state index contributed by atoms with van der Waals surface area (Å²) in [7, 11) is 0. The number of aliphatic hydroxyl groups is 3. The minimum absolute atomic E-state index is 0.154. The van der Waals surface area contributed by atoms with Crippen molar-refractivity contribution in [1.29, 1.82) is 0 Å². The van der Waals surface area contributed by atoms with Gasteiger partial charge in [0, 0.05) is 11.8 Å². The highest BCUT2D eigenvalue weighted by Crippen LogP contribution is 2.29. The van der Waals surface area contributed by atoms with E-state index in [1.807, 2.05) is 42.5 Å². The van der Waals surface area contributed by atoms with Crippen LogP contribution in [-0.2, 0) is 4.74 Å². The van der Waals surface area contributed by atoms with Crippen molar-refractivity contribution in [3.8, 4) is 5.75 Å². The molecule has 3 N–H and O–H groups in total. The third-order valence-electron chi connectivity index (χ3n) is 3.72. The van der Waals surface area contributed by atoms with E-state index in [1.165, 1.54) is 0 Å². The highest BCUT2D eigenvalue weighted by molar-refractivity contribution is 5.88. The van der Waals surface area contributed by atoms with Crippen molar-refractivity contribution in [2.24, 2.45) is 0 Å². The second-order valence-electron chi connectivity index (χ2n) is 5.18. The van der Waals surface area contributed by atoms with Crippen molar-refractivity contribution in [3.63, 3.8) is 0 Å². The zero-order valence-corrected chi connectivity index (χ0v) is 11.4. The number of rotatable bonds is 3. The van der Waals surface area contributed by atoms with Gasteiger partial charge in [-0.25, -0.2) is 0 Å². The number of aliphatic hydroxyl groups excluding tert-OH is 3. The zero-order chi connectivity index (χ0) is 14.8. The molecule has 0 amide bonds. The maximum absolute atomic E-state index is 9.82. The zero-order valence-electron chi connectivity index (χ0n) is 11.4. The molecular formula is C16H18O5. The maximum Gasteiger partial charge on any atom is 0.202 e. The Kier molecular flexibility index (Phi) is 4.07. The Hall–Kier alpha value is -1.66. The number of fused-ring (bicyclic) bond motifs is 1. The van der Waals surface area contributed by atoms with Gasteiger partial charge in [-0.3, -0.25) is 0 Å². The molecule has 0 radical (unpaired) electrons. The Bertz CT molecular complexity index is 609. The molecule has 2 aromatic carbocycles. The molecule has 1 saturated heterocycles. The third kappa shape index (κ3) is 2.87. The molecule has 0 spiro atoms. The first-order valence-electron chi connectivity index (χ1n) is 6.96. The van der Waals surface area contributed by atoms with E-state index in [1.54, 1.807) is 0 Å². The van der Waals surface area contributed by atoms with Crippen molar-refractivity contribution in [1.82, 2.24) is 0 Å². The molecule has 21 heavy (non-hydrogen) atoms. The molecule has 4 atom stereocenters. The predicted molar refractivity (Wildman–Crippen MR) is 77.0 cm³/mol. The summed E-state index contributed by atoms with van der Waals surface area (Å²) in [6.07, 6.45) is -3.46. The molecule has 0 aliphatic carbocycles. The minimum Gasteiger partial charge on any atom is -0.464 e. The van der Waals surface area contributed by atoms with E-state index in [4.69, 9.17) is 9.47 Å². The van der Waals surface area contributed by atoms with Gasteiger partial charge in [0.25, 0.3) is 0 Å². The van der Waals surface area contributed by atoms with E-state index in [-0.39, 0.29) is 13.0 Å². The van der Waals surface area contributed by atoms with Crippen LogP contribution in [0.3, 0.4) is 0 Å². The lowest BCUT2D eigenvalue weighted by Crippen LogP contribution is -2.51. The molecule has 1 aliphatic heterocycles. The molecule has 3 rings (SSSR count). The van der Waals surface area contributed by atoms with E-state index >= 15 is 0 Å². The molecule has 0 bridgehead atoms. The molecule has 5 heteroatoms. The number of benzene rings is 2. The summed E-state index contributed by atoms with van der Waals surface area (Å²) in [6, 6.07) is 13.5. The average molecular weight is 290 g/mol. The highest BCUT2D eigenvalue weighted by atomic mass is 16.7. The van der Waals surface area contributed by atoms with Crippen LogP contribution in [0, 0.1) is 0 Å². The monoisotopic (exact) mass is 290 g/mol. The van der Waals surface area contributed by atoms with Gasteiger partial charge >= 0.3 is 0 Å². The molecular weight excluding hydrogens is 272 g/mol. The van der Waals surface area contributed by atoms with Crippen LogP contribution in [0.5, 0.6) is 5.75 Å². The summed E-state index contributed by atoms with van der Waals surface area (Å²) in [5, 5.41) is 30.7. The van der Waals surface area contributed by atoms with Crippen LogP contribution in [0.2, 0.25) is 0 Å². The van der Waals surface area contributed by atoms with Crippen LogP contribution in [0.15, 0.2) is 42.5 Å². The fourth-order valence-electron chi connectivity index (χ4n) is 2.58. The van der Waals surface area contributed by atoms with Gasteiger partial charge in [0.05, 0.1) is 12.7 Å². The van der Waals surface area contributed by atoms with E-state index in [2.05, 4.69) is 0 Å². The lowest BCUT2D eigenvalue weighted by atomic mass is 10.0. The van der Waals surface area contributed by atoms with Crippen LogP contribution in [-0.4, -0.2) is 46.5 Å². The lowest BCUT2D eigenvalue weighted by Gasteiger charge is -2.36. The van der Waals surface area contributed by atoms with Crippen molar-refractivity contribution in [2.45, 2.75) is 31.0 Å². The number of hydrogen-bond donors (Lipinski definition) is 3.